The van der Waals surface area contributed by atoms with Crippen molar-refractivity contribution in [2.45, 2.75) is 25.4 Å². The van der Waals surface area contributed by atoms with E-state index >= 15 is 0 Å². The number of nitrogens with one attached hydrogen (secondary N) is 1. The van der Waals surface area contributed by atoms with Crippen molar-refractivity contribution < 1.29 is 14.3 Å². The molecule has 0 heterocycles. The average molecular weight is 295 g/mol. The number of amides is 1. The number of anilines is 2. The Labute approximate surface area is 123 Å². The van der Waals surface area contributed by atoms with E-state index in [4.69, 9.17) is 5.73 Å². The SMILES string of the molecule is CN(CCC(=O)Nc1cc(N)ccc1F)CC1CC(O)C1. The first-order chi connectivity index (χ1) is 9.94. The normalized spacial score (nSPS) is 21.1. The van der Waals surface area contributed by atoms with Crippen molar-refractivity contribution in [2.75, 3.05) is 31.2 Å². The highest BCUT2D eigenvalue weighted by molar-refractivity contribution is 5.91. The van der Waals surface area contributed by atoms with Gasteiger partial charge in [0, 0.05) is 25.2 Å². The number of nitrogens with two attached hydrogens (primary N) is 1. The highest BCUT2D eigenvalue weighted by Gasteiger charge is 2.27. The van der Waals surface area contributed by atoms with Gasteiger partial charge in [-0.3, -0.25) is 4.79 Å². The largest absolute Gasteiger partial charge is 0.399 e. The molecule has 1 aromatic carbocycles. The molecule has 1 aromatic rings. The van der Waals surface area contributed by atoms with Crippen molar-refractivity contribution in [3.63, 3.8) is 0 Å². The van der Waals surface area contributed by atoms with Crippen LogP contribution in [0.1, 0.15) is 19.3 Å². The molecule has 0 spiro atoms. The maximum atomic E-state index is 13.5. The van der Waals surface area contributed by atoms with Crippen LogP contribution in [-0.2, 0) is 4.79 Å². The molecular formula is C15H22FN3O2. The molecule has 1 amide bonds. The van der Waals surface area contributed by atoms with E-state index < -0.39 is 5.82 Å². The van der Waals surface area contributed by atoms with Crippen LogP contribution in [0.4, 0.5) is 15.8 Å². The van der Waals surface area contributed by atoms with Gasteiger partial charge in [-0.05, 0) is 44.0 Å². The molecule has 1 aliphatic carbocycles. The summed E-state index contributed by atoms with van der Waals surface area (Å²) in [5.41, 5.74) is 6.09. The van der Waals surface area contributed by atoms with E-state index in [0.717, 1.165) is 19.4 Å². The Morgan fingerprint density at radius 3 is 2.90 bits per heavy atom. The molecule has 5 nitrogen and oxygen atoms in total. The van der Waals surface area contributed by atoms with Gasteiger partial charge in [0.1, 0.15) is 5.82 Å². The van der Waals surface area contributed by atoms with Crippen molar-refractivity contribution in [3.8, 4) is 0 Å². The highest BCUT2D eigenvalue weighted by Crippen LogP contribution is 2.27. The first-order valence-corrected chi connectivity index (χ1v) is 7.15. The van der Waals surface area contributed by atoms with Crippen LogP contribution in [0, 0.1) is 11.7 Å². The number of halogens is 1. The summed E-state index contributed by atoms with van der Waals surface area (Å²) in [6.45, 7) is 1.47. The standard InChI is InChI=1S/C15H22FN3O2/c1-19(9-10-6-12(20)7-10)5-4-15(21)18-14-8-11(17)2-3-13(14)16/h2-3,8,10,12,20H,4-7,9,17H2,1H3,(H,18,21). The lowest BCUT2D eigenvalue weighted by atomic mass is 9.82. The minimum Gasteiger partial charge on any atom is -0.399 e. The van der Waals surface area contributed by atoms with Gasteiger partial charge in [-0.2, -0.15) is 0 Å². The predicted octanol–water partition coefficient (Wildman–Crippen LogP) is 1.44. The first kappa shape index (κ1) is 15.7. The van der Waals surface area contributed by atoms with Crippen molar-refractivity contribution in [1.29, 1.82) is 0 Å². The Bertz CT molecular complexity index is 504. The summed E-state index contributed by atoms with van der Waals surface area (Å²) in [7, 11) is 1.94. The monoisotopic (exact) mass is 295 g/mol. The Balaban J connectivity index is 1.73. The summed E-state index contributed by atoms with van der Waals surface area (Å²) in [5.74, 6) is -0.214. The lowest BCUT2D eigenvalue weighted by molar-refractivity contribution is -0.116. The Hall–Kier alpha value is -1.66. The summed E-state index contributed by atoms with van der Waals surface area (Å²) in [6, 6.07) is 4.09. The third kappa shape index (κ3) is 4.68. The quantitative estimate of drug-likeness (QED) is 0.694. The van der Waals surface area contributed by atoms with Gasteiger partial charge in [0.25, 0.3) is 0 Å². The number of hydrogen-bond donors (Lipinski definition) is 3. The van der Waals surface area contributed by atoms with Gasteiger partial charge in [-0.15, -0.1) is 0 Å². The topological polar surface area (TPSA) is 78.6 Å². The molecule has 1 saturated carbocycles. The van der Waals surface area contributed by atoms with Gasteiger partial charge < -0.3 is 21.1 Å². The van der Waals surface area contributed by atoms with E-state index in [1.807, 2.05) is 7.05 Å². The van der Waals surface area contributed by atoms with Crippen molar-refractivity contribution in [2.24, 2.45) is 5.92 Å². The summed E-state index contributed by atoms with van der Waals surface area (Å²) in [5, 5.41) is 11.8. The summed E-state index contributed by atoms with van der Waals surface area (Å²) >= 11 is 0. The average Bonchev–Trinajstić information content (AvgIpc) is 2.39. The van der Waals surface area contributed by atoms with E-state index in [-0.39, 0.29) is 17.7 Å². The fraction of sp³-hybridized carbons (Fsp3) is 0.533. The predicted molar refractivity (Wildman–Crippen MR) is 80.3 cm³/mol. The van der Waals surface area contributed by atoms with Crippen LogP contribution in [0.2, 0.25) is 0 Å². The van der Waals surface area contributed by atoms with Crippen LogP contribution in [0.3, 0.4) is 0 Å². The maximum absolute atomic E-state index is 13.5. The molecule has 1 aliphatic rings. The summed E-state index contributed by atoms with van der Waals surface area (Å²) in [6.07, 6.45) is 1.81. The van der Waals surface area contributed by atoms with E-state index in [2.05, 4.69) is 10.2 Å². The highest BCUT2D eigenvalue weighted by atomic mass is 19.1. The molecule has 1 fully saturated rings. The molecule has 0 radical (unpaired) electrons. The van der Waals surface area contributed by atoms with Gasteiger partial charge in [0.2, 0.25) is 5.91 Å². The van der Waals surface area contributed by atoms with Crippen LogP contribution in [0.25, 0.3) is 0 Å². The van der Waals surface area contributed by atoms with Gasteiger partial charge in [-0.25, -0.2) is 4.39 Å². The number of carbonyl (C=O) groups is 1. The number of carbonyl (C=O) groups excluding carboxylic acids is 1. The van der Waals surface area contributed by atoms with Gasteiger partial charge >= 0.3 is 0 Å². The molecule has 0 bridgehead atoms. The third-order valence-electron chi connectivity index (χ3n) is 3.77. The molecule has 116 valence electrons. The number of nitrogens with zero attached hydrogens (tertiary/aromatic N) is 1. The second-order valence-electron chi connectivity index (χ2n) is 5.79. The number of rotatable bonds is 6. The van der Waals surface area contributed by atoms with E-state index in [0.29, 0.717) is 24.6 Å². The summed E-state index contributed by atoms with van der Waals surface area (Å²) < 4.78 is 13.5. The smallest absolute Gasteiger partial charge is 0.225 e. The minimum atomic E-state index is -0.491. The number of aliphatic hydroxyl groups is 1. The van der Waals surface area contributed by atoms with Crippen LogP contribution in [0.15, 0.2) is 18.2 Å². The van der Waals surface area contributed by atoms with E-state index in [1.54, 1.807) is 0 Å². The van der Waals surface area contributed by atoms with Crippen LogP contribution < -0.4 is 11.1 Å². The molecule has 0 atom stereocenters. The molecule has 2 rings (SSSR count). The molecule has 0 aliphatic heterocycles. The molecule has 4 N–H and O–H groups in total. The van der Waals surface area contributed by atoms with Crippen molar-refractivity contribution >= 4 is 17.3 Å². The Morgan fingerprint density at radius 1 is 1.52 bits per heavy atom. The third-order valence-corrected chi connectivity index (χ3v) is 3.77. The van der Waals surface area contributed by atoms with E-state index in [1.165, 1.54) is 18.2 Å². The molecule has 6 heteroatoms. The molecule has 0 unspecified atom stereocenters. The van der Waals surface area contributed by atoms with Gasteiger partial charge in [0.05, 0.1) is 11.8 Å². The van der Waals surface area contributed by atoms with E-state index in [9.17, 15) is 14.3 Å². The minimum absolute atomic E-state index is 0.116. The number of aliphatic hydroxyl groups excluding tert-OH is 1. The number of benzene rings is 1. The van der Waals surface area contributed by atoms with Crippen LogP contribution in [0.5, 0.6) is 0 Å². The number of nitrogen functional groups attached to an aromatic ring is 1. The second kappa shape index (κ2) is 6.87. The lowest BCUT2D eigenvalue weighted by Crippen LogP contribution is -2.38. The molecular weight excluding hydrogens is 273 g/mol. The number of hydrogen-bond acceptors (Lipinski definition) is 4. The zero-order chi connectivity index (χ0) is 15.4. The molecule has 0 aromatic heterocycles. The molecule has 21 heavy (non-hydrogen) atoms. The first-order valence-electron chi connectivity index (χ1n) is 7.15. The lowest BCUT2D eigenvalue weighted by Gasteiger charge is -2.34. The zero-order valence-electron chi connectivity index (χ0n) is 12.2. The second-order valence-corrected chi connectivity index (χ2v) is 5.79. The molecule has 0 saturated heterocycles. The van der Waals surface area contributed by atoms with Crippen LogP contribution in [-0.4, -0.2) is 42.2 Å². The van der Waals surface area contributed by atoms with Crippen molar-refractivity contribution in [3.05, 3.63) is 24.0 Å². The van der Waals surface area contributed by atoms with Crippen molar-refractivity contribution in [1.82, 2.24) is 4.90 Å². The van der Waals surface area contributed by atoms with Gasteiger partial charge in [-0.1, -0.05) is 0 Å². The fourth-order valence-corrected chi connectivity index (χ4v) is 2.53. The van der Waals surface area contributed by atoms with Gasteiger partial charge in [0.15, 0.2) is 0 Å². The van der Waals surface area contributed by atoms with Crippen LogP contribution >= 0.6 is 0 Å². The maximum Gasteiger partial charge on any atom is 0.225 e. The zero-order valence-corrected chi connectivity index (χ0v) is 12.2. The summed E-state index contributed by atoms with van der Waals surface area (Å²) in [4.78, 5) is 13.9. The fourth-order valence-electron chi connectivity index (χ4n) is 2.53. The Kier molecular flexibility index (Phi) is 5.14. The Morgan fingerprint density at radius 2 is 2.24 bits per heavy atom.